The van der Waals surface area contributed by atoms with Gasteiger partial charge in [-0.15, -0.1) is 0 Å². The third kappa shape index (κ3) is 6.33. The first-order chi connectivity index (χ1) is 17.2. The van der Waals surface area contributed by atoms with E-state index in [-0.39, 0.29) is 21.7 Å². The van der Waals surface area contributed by atoms with E-state index in [1.165, 1.54) is 16.7 Å². The Hall–Kier alpha value is -2.19. The molecule has 0 atom stereocenters. The molecule has 0 aliphatic carbocycles. The summed E-state index contributed by atoms with van der Waals surface area (Å²) >= 11 is 0. The van der Waals surface area contributed by atoms with Gasteiger partial charge in [0.05, 0.1) is 0 Å². The lowest BCUT2D eigenvalue weighted by atomic mass is 9.68. The van der Waals surface area contributed by atoms with Crippen LogP contribution in [0.15, 0.2) is 54.6 Å². The van der Waals surface area contributed by atoms with Crippen molar-refractivity contribution in [3.63, 3.8) is 0 Å². The zero-order valence-electron chi connectivity index (χ0n) is 25.4. The van der Waals surface area contributed by atoms with Crippen molar-refractivity contribution in [1.29, 1.82) is 0 Å². The van der Waals surface area contributed by atoms with Crippen molar-refractivity contribution in [2.75, 3.05) is 0 Å². The lowest BCUT2D eigenvalue weighted by Crippen LogP contribution is -2.25. The molecule has 0 saturated carbocycles. The second-order valence-electron chi connectivity index (χ2n) is 14.5. The Morgan fingerprint density at radius 1 is 0.526 bits per heavy atom. The van der Waals surface area contributed by atoms with Gasteiger partial charge in [-0.1, -0.05) is 132 Å². The van der Waals surface area contributed by atoms with Crippen molar-refractivity contribution in [3.05, 3.63) is 76.9 Å². The Kier molecular flexibility index (Phi) is 8.32. The van der Waals surface area contributed by atoms with Crippen LogP contribution in [0.2, 0.25) is 0 Å². The molecule has 0 aromatic heterocycles. The summed E-state index contributed by atoms with van der Waals surface area (Å²) in [5, 5.41) is 0. The van der Waals surface area contributed by atoms with Crippen LogP contribution < -0.4 is 4.52 Å². The minimum absolute atomic E-state index is 0.105. The van der Waals surface area contributed by atoms with E-state index in [9.17, 15) is 9.79 Å². The highest BCUT2D eigenvalue weighted by atomic mass is 31.2. The van der Waals surface area contributed by atoms with E-state index in [2.05, 4.69) is 138 Å². The molecule has 0 heterocycles. The molecule has 4 heteroatoms. The molecule has 0 radical (unpaired) electrons. The number of hydrogen-bond acceptors (Lipinski definition) is 3. The molecule has 0 amide bonds. The highest BCUT2D eigenvalue weighted by Crippen LogP contribution is 2.54. The van der Waals surface area contributed by atoms with Gasteiger partial charge in [0.2, 0.25) is 0 Å². The lowest BCUT2D eigenvalue weighted by molar-refractivity contribution is 0.375. The Morgan fingerprint density at radius 3 is 1.29 bits per heavy atom. The van der Waals surface area contributed by atoms with Crippen LogP contribution in [-0.4, -0.2) is 9.79 Å². The molecule has 0 aliphatic rings. The van der Waals surface area contributed by atoms with E-state index in [0.717, 1.165) is 27.8 Å². The molecule has 3 aromatic rings. The summed E-state index contributed by atoms with van der Waals surface area (Å²) in [6.45, 7) is 26.8. The van der Waals surface area contributed by atoms with Gasteiger partial charge >= 0.3 is 8.60 Å². The summed E-state index contributed by atoms with van der Waals surface area (Å²) < 4.78 is 5.93. The molecule has 3 rings (SSSR count). The first kappa shape index (κ1) is 30.4. The molecular weight excluding hydrogens is 487 g/mol. The zero-order valence-corrected chi connectivity index (χ0v) is 26.3. The van der Waals surface area contributed by atoms with Crippen molar-refractivity contribution in [2.45, 2.75) is 105 Å². The summed E-state index contributed by atoms with van der Waals surface area (Å²) in [4.78, 5) is 20.3. The summed E-state index contributed by atoms with van der Waals surface area (Å²) in [7, 11) is -2.62. The SMILES string of the molecule is CC(C)(C)c1ccccc1-c1c(OP(O)O)cc(C(C)(C)C)c(C(C)(C)C)c1-c1ccccc1C(C)(C)C. The molecule has 3 nitrogen and oxygen atoms in total. The molecule has 0 spiro atoms. The second kappa shape index (κ2) is 10.4. The normalized spacial score (nSPS) is 13.2. The molecule has 0 fully saturated rings. The smallest absolute Gasteiger partial charge is 0.391 e. The predicted molar refractivity (Wildman–Crippen MR) is 164 cm³/mol. The Morgan fingerprint density at radius 2 is 0.921 bits per heavy atom. The maximum Gasteiger partial charge on any atom is 0.391 e. The Bertz CT molecular complexity index is 1290. The maximum atomic E-state index is 10.2. The van der Waals surface area contributed by atoms with E-state index in [0.29, 0.717) is 5.75 Å². The summed E-state index contributed by atoms with van der Waals surface area (Å²) in [5.74, 6) is 0.509. The first-order valence-electron chi connectivity index (χ1n) is 13.5. The van der Waals surface area contributed by atoms with Crippen molar-refractivity contribution in [2.24, 2.45) is 0 Å². The van der Waals surface area contributed by atoms with Crippen LogP contribution >= 0.6 is 8.60 Å². The van der Waals surface area contributed by atoms with Crippen LogP contribution in [0.4, 0.5) is 0 Å². The average Bonchev–Trinajstić information content (AvgIpc) is 2.75. The molecule has 0 saturated heterocycles. The highest BCUT2D eigenvalue weighted by molar-refractivity contribution is 7.39. The molecule has 206 valence electrons. The van der Waals surface area contributed by atoms with Gasteiger partial charge < -0.3 is 14.3 Å². The minimum Gasteiger partial charge on any atom is -0.426 e. The van der Waals surface area contributed by atoms with Crippen LogP contribution in [0.25, 0.3) is 22.3 Å². The average molecular weight is 535 g/mol. The van der Waals surface area contributed by atoms with Crippen LogP contribution in [0.3, 0.4) is 0 Å². The van der Waals surface area contributed by atoms with Gasteiger partial charge in [0.25, 0.3) is 0 Å². The number of rotatable bonds is 4. The Labute approximate surface area is 232 Å². The summed E-state index contributed by atoms with van der Waals surface area (Å²) in [5.41, 5.74) is 8.42. The summed E-state index contributed by atoms with van der Waals surface area (Å²) in [6, 6.07) is 19.2. The van der Waals surface area contributed by atoms with Gasteiger partial charge in [-0.05, 0) is 66.7 Å². The van der Waals surface area contributed by atoms with E-state index in [4.69, 9.17) is 4.52 Å². The molecule has 3 aromatic carbocycles. The minimum atomic E-state index is -2.62. The fraction of sp³-hybridized carbons (Fsp3) is 0.471. The molecule has 0 aliphatic heterocycles. The fourth-order valence-electron chi connectivity index (χ4n) is 5.44. The largest absolute Gasteiger partial charge is 0.426 e. The van der Waals surface area contributed by atoms with Crippen LogP contribution in [0.1, 0.15) is 105 Å². The van der Waals surface area contributed by atoms with E-state index < -0.39 is 8.60 Å². The van der Waals surface area contributed by atoms with Crippen LogP contribution in [0.5, 0.6) is 5.75 Å². The lowest BCUT2D eigenvalue weighted by Gasteiger charge is -2.37. The van der Waals surface area contributed by atoms with Gasteiger partial charge in [-0.3, -0.25) is 0 Å². The fourth-order valence-corrected chi connectivity index (χ4v) is 5.76. The standard InChI is InChI=1S/C34H47O3P/c1-31(2,3)24-19-15-13-17-22(24)28-27(37-38(35)36)21-26(33(7,8)9)30(34(10,11)12)29(28)23-18-14-16-20-25(23)32(4,5)6/h13-21,35-36H,1-12H3. The second-order valence-corrected chi connectivity index (χ2v) is 15.2. The summed E-state index contributed by atoms with van der Waals surface area (Å²) in [6.07, 6.45) is 0. The monoisotopic (exact) mass is 534 g/mol. The van der Waals surface area contributed by atoms with Gasteiger partial charge in [0.1, 0.15) is 5.75 Å². The Balaban J connectivity index is 2.76. The number of benzene rings is 3. The molecular formula is C34H47O3P. The third-order valence-corrected chi connectivity index (χ3v) is 7.40. The van der Waals surface area contributed by atoms with Crippen molar-refractivity contribution < 1.29 is 14.3 Å². The first-order valence-corrected chi connectivity index (χ1v) is 14.7. The maximum absolute atomic E-state index is 10.2. The zero-order chi connectivity index (χ0) is 28.8. The van der Waals surface area contributed by atoms with Gasteiger partial charge in [-0.25, -0.2) is 0 Å². The van der Waals surface area contributed by atoms with Crippen LogP contribution in [0, 0.1) is 0 Å². The highest BCUT2D eigenvalue weighted by Gasteiger charge is 2.35. The number of hydrogen-bond donors (Lipinski definition) is 2. The van der Waals surface area contributed by atoms with E-state index >= 15 is 0 Å². The van der Waals surface area contributed by atoms with E-state index in [1.54, 1.807) is 0 Å². The van der Waals surface area contributed by atoms with Gasteiger partial charge in [0, 0.05) is 5.56 Å². The van der Waals surface area contributed by atoms with Crippen molar-refractivity contribution >= 4 is 8.60 Å². The quantitative estimate of drug-likeness (QED) is 0.328. The molecule has 0 bridgehead atoms. The van der Waals surface area contributed by atoms with Gasteiger partial charge in [-0.2, -0.15) is 0 Å². The van der Waals surface area contributed by atoms with Gasteiger partial charge in [0.15, 0.2) is 0 Å². The van der Waals surface area contributed by atoms with Crippen molar-refractivity contribution in [3.8, 4) is 28.0 Å². The van der Waals surface area contributed by atoms with E-state index in [1.807, 2.05) is 0 Å². The molecule has 2 N–H and O–H groups in total. The third-order valence-electron chi connectivity index (χ3n) is 7.04. The van der Waals surface area contributed by atoms with Crippen LogP contribution in [-0.2, 0) is 21.7 Å². The molecule has 0 unspecified atom stereocenters. The topological polar surface area (TPSA) is 49.7 Å². The molecule has 38 heavy (non-hydrogen) atoms. The van der Waals surface area contributed by atoms with Crippen molar-refractivity contribution in [1.82, 2.24) is 0 Å². The predicted octanol–water partition coefficient (Wildman–Crippen LogP) is 9.80.